The minimum Gasteiger partial charge on any atom is -0.340 e. The number of fused-ring (bicyclic) bond motifs is 2. The molecule has 0 spiro atoms. The summed E-state index contributed by atoms with van der Waals surface area (Å²) < 4.78 is 27.2. The number of hydrogen-bond donors (Lipinski definition) is 3. The Balaban J connectivity index is 1.37. The summed E-state index contributed by atoms with van der Waals surface area (Å²) >= 11 is 1.57. The minimum atomic E-state index is -3.98. The molecule has 2 amide bonds. The Hall–Kier alpha value is -3.50. The Morgan fingerprint density at radius 3 is 2.59 bits per heavy atom. The van der Waals surface area contributed by atoms with E-state index in [9.17, 15) is 13.2 Å². The Kier molecular flexibility index (Phi) is 7.38. The van der Waals surface area contributed by atoms with Crippen molar-refractivity contribution in [2.24, 2.45) is 0 Å². The number of unbranched alkanes of at least 4 members (excludes halogenated alkanes) is 1. The molecule has 2 aromatic heterocycles. The van der Waals surface area contributed by atoms with Gasteiger partial charge in [-0.3, -0.25) is 0 Å². The van der Waals surface area contributed by atoms with Gasteiger partial charge in [0.25, 0.3) is 10.0 Å². The van der Waals surface area contributed by atoms with Crippen LogP contribution in [0.3, 0.4) is 0 Å². The van der Waals surface area contributed by atoms with Gasteiger partial charge in [0.1, 0.15) is 17.0 Å². The second-order valence-electron chi connectivity index (χ2n) is 9.11. The Labute approximate surface area is 220 Å². The third kappa shape index (κ3) is 5.60. The molecule has 0 radical (unpaired) electrons. The maximum atomic E-state index is 12.6. The first-order chi connectivity index (χ1) is 17.9. The van der Waals surface area contributed by atoms with Crippen LogP contribution in [0.5, 0.6) is 0 Å². The van der Waals surface area contributed by atoms with Crippen LogP contribution in [0.2, 0.25) is 0 Å². The second-order valence-corrected chi connectivity index (χ2v) is 11.6. The highest BCUT2D eigenvalue weighted by Gasteiger charge is 2.19. The molecule has 2 heterocycles. The van der Waals surface area contributed by atoms with Crippen LogP contribution < -0.4 is 15.4 Å². The standard InChI is InChI=1S/C27H29N5O3S2/c1-2-3-14-28-27(33)32-37(34,35)22-12-10-21(11-13-22)31-25-24-23(16-36-26(24)30-17-29-25)20-9-8-18-6-4-5-7-19(18)15-20/h8-13,15-17H,2-7,14H2,1H3,(H2,28,32,33)(H,29,30,31). The highest BCUT2D eigenvalue weighted by molar-refractivity contribution is 7.90. The summed E-state index contributed by atoms with van der Waals surface area (Å²) in [4.78, 5) is 21.7. The lowest BCUT2D eigenvalue weighted by atomic mass is 9.89. The lowest BCUT2D eigenvalue weighted by Crippen LogP contribution is -2.39. The molecule has 2 aromatic carbocycles. The number of rotatable bonds is 8. The van der Waals surface area contributed by atoms with E-state index in [0.29, 0.717) is 18.1 Å². The number of nitrogens with zero attached hydrogens (tertiary/aromatic N) is 2. The van der Waals surface area contributed by atoms with Crippen LogP contribution in [0.25, 0.3) is 21.3 Å². The van der Waals surface area contributed by atoms with Crippen molar-refractivity contribution in [1.82, 2.24) is 20.0 Å². The summed E-state index contributed by atoms with van der Waals surface area (Å²) in [5.74, 6) is 0.656. The summed E-state index contributed by atoms with van der Waals surface area (Å²) in [6, 6.07) is 12.2. The van der Waals surface area contributed by atoms with Crippen LogP contribution in [0.1, 0.15) is 43.7 Å². The third-order valence-corrected chi connectivity index (χ3v) is 8.73. The average Bonchev–Trinajstić information content (AvgIpc) is 3.34. The van der Waals surface area contributed by atoms with Gasteiger partial charge in [0.05, 0.1) is 10.3 Å². The predicted molar refractivity (Wildman–Crippen MR) is 148 cm³/mol. The smallest absolute Gasteiger partial charge is 0.328 e. The van der Waals surface area contributed by atoms with Crippen molar-refractivity contribution in [2.45, 2.75) is 50.3 Å². The van der Waals surface area contributed by atoms with Crippen LogP contribution in [0, 0.1) is 0 Å². The van der Waals surface area contributed by atoms with Gasteiger partial charge in [0.2, 0.25) is 0 Å². The van der Waals surface area contributed by atoms with Crippen molar-refractivity contribution in [3.8, 4) is 11.1 Å². The van der Waals surface area contributed by atoms with Gasteiger partial charge < -0.3 is 10.6 Å². The third-order valence-electron chi connectivity index (χ3n) is 6.50. The molecule has 1 aliphatic carbocycles. The molecule has 1 aliphatic rings. The first-order valence-electron chi connectivity index (χ1n) is 12.5. The molecule has 8 nitrogen and oxygen atoms in total. The number of aryl methyl sites for hydroxylation is 2. The second kappa shape index (κ2) is 10.9. The summed E-state index contributed by atoms with van der Waals surface area (Å²) in [7, 11) is -3.98. The molecular formula is C27H29N5O3S2. The number of nitrogens with one attached hydrogen (secondary N) is 3. The van der Waals surface area contributed by atoms with Gasteiger partial charge in [-0.05, 0) is 73.1 Å². The van der Waals surface area contributed by atoms with Crippen LogP contribution in [-0.2, 0) is 22.9 Å². The molecule has 0 saturated heterocycles. The van der Waals surface area contributed by atoms with E-state index in [0.717, 1.165) is 47.0 Å². The van der Waals surface area contributed by atoms with Gasteiger partial charge in [0, 0.05) is 23.2 Å². The number of anilines is 2. The first-order valence-corrected chi connectivity index (χ1v) is 14.8. The molecule has 37 heavy (non-hydrogen) atoms. The van der Waals surface area contributed by atoms with E-state index in [-0.39, 0.29) is 4.90 Å². The van der Waals surface area contributed by atoms with Crippen molar-refractivity contribution in [3.63, 3.8) is 0 Å². The number of sulfonamides is 1. The zero-order valence-corrected chi connectivity index (χ0v) is 22.2. The fourth-order valence-electron chi connectivity index (χ4n) is 4.53. The van der Waals surface area contributed by atoms with Crippen LogP contribution in [0.4, 0.5) is 16.3 Å². The molecule has 0 atom stereocenters. The molecule has 0 fully saturated rings. The lowest BCUT2D eigenvalue weighted by Gasteiger charge is -2.16. The highest BCUT2D eigenvalue weighted by Crippen LogP contribution is 2.38. The maximum absolute atomic E-state index is 12.6. The molecule has 0 saturated carbocycles. The molecule has 4 aromatic rings. The van der Waals surface area contributed by atoms with Crippen molar-refractivity contribution < 1.29 is 13.2 Å². The van der Waals surface area contributed by atoms with E-state index >= 15 is 0 Å². The number of urea groups is 1. The molecule has 10 heteroatoms. The fraction of sp³-hybridized carbons (Fsp3) is 0.296. The summed E-state index contributed by atoms with van der Waals surface area (Å²) in [5, 5.41) is 8.92. The number of hydrogen-bond acceptors (Lipinski definition) is 7. The summed E-state index contributed by atoms with van der Waals surface area (Å²) in [5.41, 5.74) is 5.75. The van der Waals surface area contributed by atoms with Crippen molar-refractivity contribution in [3.05, 3.63) is 65.3 Å². The van der Waals surface area contributed by atoms with Crippen molar-refractivity contribution in [1.29, 1.82) is 0 Å². The van der Waals surface area contributed by atoms with Gasteiger partial charge in [-0.15, -0.1) is 11.3 Å². The SMILES string of the molecule is CCCCNC(=O)NS(=O)(=O)c1ccc(Nc2ncnc3scc(-c4ccc5c(c4)CCCC5)c23)cc1. The van der Waals surface area contributed by atoms with Gasteiger partial charge in [-0.25, -0.2) is 27.9 Å². The monoisotopic (exact) mass is 535 g/mol. The van der Waals surface area contributed by atoms with Gasteiger partial charge in [0.15, 0.2) is 0 Å². The number of amides is 2. The van der Waals surface area contributed by atoms with Crippen LogP contribution >= 0.6 is 11.3 Å². The van der Waals surface area contributed by atoms with Gasteiger partial charge in [-0.2, -0.15) is 0 Å². The Morgan fingerprint density at radius 2 is 1.81 bits per heavy atom. The lowest BCUT2D eigenvalue weighted by molar-refractivity contribution is 0.245. The molecule has 5 rings (SSSR count). The molecular weight excluding hydrogens is 506 g/mol. The number of thiophene rings is 1. The number of aromatic nitrogens is 2. The quantitative estimate of drug-likeness (QED) is 0.247. The maximum Gasteiger partial charge on any atom is 0.328 e. The van der Waals surface area contributed by atoms with Crippen LogP contribution in [0.15, 0.2) is 59.1 Å². The van der Waals surface area contributed by atoms with E-state index in [1.807, 2.05) is 6.92 Å². The minimum absolute atomic E-state index is 0.00167. The first kappa shape index (κ1) is 25.2. The molecule has 0 aliphatic heterocycles. The van der Waals surface area contributed by atoms with E-state index in [1.54, 1.807) is 23.5 Å². The Morgan fingerprint density at radius 1 is 1.03 bits per heavy atom. The molecule has 3 N–H and O–H groups in total. The summed E-state index contributed by atoms with van der Waals surface area (Å²) in [6.07, 6.45) is 7.93. The van der Waals surface area contributed by atoms with E-state index in [2.05, 4.69) is 48.9 Å². The van der Waals surface area contributed by atoms with Crippen molar-refractivity contribution >= 4 is 49.1 Å². The largest absolute Gasteiger partial charge is 0.340 e. The normalized spacial score (nSPS) is 13.2. The van der Waals surface area contributed by atoms with Gasteiger partial charge >= 0.3 is 6.03 Å². The number of carbonyl (C=O) groups excluding carboxylic acids is 1. The van der Waals surface area contributed by atoms with E-state index < -0.39 is 16.1 Å². The fourth-order valence-corrected chi connectivity index (χ4v) is 6.38. The van der Waals surface area contributed by atoms with Crippen LogP contribution in [-0.4, -0.2) is 31.0 Å². The number of carbonyl (C=O) groups is 1. The molecule has 192 valence electrons. The summed E-state index contributed by atoms with van der Waals surface area (Å²) in [6.45, 7) is 2.41. The zero-order valence-electron chi connectivity index (χ0n) is 20.6. The van der Waals surface area contributed by atoms with Crippen molar-refractivity contribution in [2.75, 3.05) is 11.9 Å². The zero-order chi connectivity index (χ0) is 25.8. The van der Waals surface area contributed by atoms with Gasteiger partial charge in [-0.1, -0.05) is 31.5 Å². The molecule has 0 bridgehead atoms. The highest BCUT2D eigenvalue weighted by atomic mass is 32.2. The molecule has 0 unspecified atom stereocenters. The number of benzene rings is 2. The average molecular weight is 536 g/mol. The predicted octanol–water partition coefficient (Wildman–Crippen LogP) is 5.77. The van der Waals surface area contributed by atoms with E-state index in [4.69, 9.17) is 0 Å². The Bertz CT molecular complexity index is 1530. The topological polar surface area (TPSA) is 113 Å². The van der Waals surface area contributed by atoms with E-state index in [1.165, 1.54) is 42.4 Å².